The summed E-state index contributed by atoms with van der Waals surface area (Å²) in [7, 11) is 0. The Labute approximate surface area is 273 Å². The van der Waals surface area contributed by atoms with Gasteiger partial charge in [-0.25, -0.2) is 0 Å². The molecule has 2 aliphatic carbocycles. The molecule has 0 aromatic heterocycles. The maximum atomic E-state index is 14.1. The third-order valence-corrected chi connectivity index (χ3v) is 9.44. The molecule has 0 saturated carbocycles. The number of ketones is 2. The van der Waals surface area contributed by atoms with E-state index in [1.54, 1.807) is 12.1 Å². The summed E-state index contributed by atoms with van der Waals surface area (Å²) in [6.07, 6.45) is 3.32. The van der Waals surface area contributed by atoms with Gasteiger partial charge in [-0.1, -0.05) is 46.8 Å². The average Bonchev–Trinajstić information content (AvgIpc) is 2.92. The molecule has 0 bridgehead atoms. The molecule has 3 aliphatic rings. The first-order valence-corrected chi connectivity index (χ1v) is 16.5. The second-order valence-electron chi connectivity index (χ2n) is 13.7. The Balaban J connectivity index is 1.64. The predicted octanol–water partition coefficient (Wildman–Crippen LogP) is 8.27. The van der Waals surface area contributed by atoms with Crippen molar-refractivity contribution in [3.63, 3.8) is 0 Å². The molecule has 0 fully saturated rings. The van der Waals surface area contributed by atoms with Crippen LogP contribution in [0.15, 0.2) is 58.9 Å². The topological polar surface area (TPSA) is 99.0 Å². The van der Waals surface area contributed by atoms with Gasteiger partial charge in [-0.2, -0.15) is 0 Å². The summed E-state index contributed by atoms with van der Waals surface area (Å²) in [5.74, 6) is 0.781. The second-order valence-corrected chi connectivity index (χ2v) is 14.8. The van der Waals surface area contributed by atoms with Crippen LogP contribution < -0.4 is 9.47 Å². The van der Waals surface area contributed by atoms with Crippen molar-refractivity contribution in [3.8, 4) is 11.5 Å². The molecule has 0 saturated heterocycles. The van der Waals surface area contributed by atoms with Crippen molar-refractivity contribution in [2.75, 3.05) is 13.2 Å². The van der Waals surface area contributed by atoms with Crippen molar-refractivity contribution < 1.29 is 24.0 Å². The van der Waals surface area contributed by atoms with Crippen molar-refractivity contribution in [1.29, 1.82) is 0 Å². The van der Waals surface area contributed by atoms with Crippen molar-refractivity contribution in [1.82, 2.24) is 4.90 Å². The molecule has 5 rings (SSSR count). The lowest BCUT2D eigenvalue weighted by atomic mass is 9.63. The number of Topliss-reactive ketones (excluding diaryl/α,β-unsaturated/α-hetero) is 2. The molecule has 0 N–H and O–H groups in total. The van der Waals surface area contributed by atoms with Crippen LogP contribution in [0.25, 0.3) is 0 Å². The van der Waals surface area contributed by atoms with Gasteiger partial charge in [-0.15, -0.1) is 0 Å². The van der Waals surface area contributed by atoms with Crippen LogP contribution in [0.2, 0.25) is 0 Å². The molecule has 44 heavy (non-hydrogen) atoms. The average molecular weight is 713 g/mol. The van der Waals surface area contributed by atoms with E-state index in [0.717, 1.165) is 57.5 Å². The summed E-state index contributed by atoms with van der Waals surface area (Å²) in [5, 5.41) is 11.3. The first-order chi connectivity index (χ1) is 20.7. The van der Waals surface area contributed by atoms with Crippen molar-refractivity contribution >= 4 is 39.8 Å². The zero-order valence-electron chi connectivity index (χ0n) is 26.4. The van der Waals surface area contributed by atoms with Crippen LogP contribution in [0.5, 0.6) is 11.5 Å². The molecule has 234 valence electrons. The smallest absolute Gasteiger partial charge is 0.269 e. The molecule has 2 aromatic rings. The highest BCUT2D eigenvalue weighted by molar-refractivity contribution is 14.1. The molecular formula is C35H41IN2O6. The Morgan fingerprint density at radius 1 is 0.932 bits per heavy atom. The van der Waals surface area contributed by atoms with Crippen LogP contribution in [0.3, 0.4) is 0 Å². The lowest BCUT2D eigenvalue weighted by molar-refractivity contribution is -0.384. The zero-order chi connectivity index (χ0) is 32.0. The van der Waals surface area contributed by atoms with Gasteiger partial charge in [0.15, 0.2) is 23.1 Å². The van der Waals surface area contributed by atoms with Crippen molar-refractivity contribution in [2.24, 2.45) is 10.8 Å². The van der Waals surface area contributed by atoms with E-state index in [1.165, 1.54) is 12.1 Å². The van der Waals surface area contributed by atoms with Crippen LogP contribution >= 0.6 is 22.6 Å². The number of hydrogen-bond acceptors (Lipinski definition) is 7. The molecule has 1 aliphatic heterocycles. The number of carbonyl (C=O) groups excluding carboxylic acids is 2. The largest absolute Gasteiger partial charge is 0.490 e. The lowest BCUT2D eigenvalue weighted by Gasteiger charge is -2.49. The number of nitro benzene ring substituents is 1. The Morgan fingerprint density at radius 3 is 2.09 bits per heavy atom. The number of nitrogens with zero attached hydrogens (tertiary/aromatic N) is 2. The molecular weight excluding hydrogens is 671 g/mol. The Hall–Kier alpha value is -3.21. The van der Waals surface area contributed by atoms with Crippen LogP contribution in [0.1, 0.15) is 90.7 Å². The van der Waals surface area contributed by atoms with Crippen LogP contribution in [0, 0.1) is 24.5 Å². The normalized spacial score (nSPS) is 19.6. The molecule has 0 unspecified atom stereocenters. The SMILES string of the molecule is CCCN1C2=C(C(=O)CC(C)(C)C2)C(c2cc(I)c(OCc3cccc([N+](=O)[O-])c3)c(OCC)c2)C2=C1CC(C)(C)CC2=O. The van der Waals surface area contributed by atoms with E-state index in [1.807, 2.05) is 19.1 Å². The van der Waals surface area contributed by atoms with E-state index >= 15 is 0 Å². The fourth-order valence-corrected chi connectivity index (χ4v) is 7.73. The first kappa shape index (κ1) is 32.2. The van der Waals surface area contributed by atoms with E-state index < -0.39 is 10.8 Å². The Morgan fingerprint density at radius 2 is 1.55 bits per heavy atom. The minimum Gasteiger partial charge on any atom is -0.490 e. The van der Waals surface area contributed by atoms with Gasteiger partial charge < -0.3 is 14.4 Å². The van der Waals surface area contributed by atoms with E-state index in [-0.39, 0.29) is 34.7 Å². The first-order valence-electron chi connectivity index (χ1n) is 15.4. The summed E-state index contributed by atoms with van der Waals surface area (Å²) in [5.41, 5.74) is 4.77. The quantitative estimate of drug-likeness (QED) is 0.147. The second kappa shape index (κ2) is 12.3. The summed E-state index contributed by atoms with van der Waals surface area (Å²) < 4.78 is 13.1. The van der Waals surface area contributed by atoms with E-state index in [2.05, 4.69) is 62.1 Å². The molecule has 0 amide bonds. The minimum absolute atomic E-state index is 0.00408. The van der Waals surface area contributed by atoms with Gasteiger partial charge in [0.1, 0.15) is 6.61 Å². The number of carbonyl (C=O) groups is 2. The lowest BCUT2D eigenvalue weighted by Crippen LogP contribution is -2.44. The third kappa shape index (κ3) is 6.30. The zero-order valence-corrected chi connectivity index (χ0v) is 28.6. The number of rotatable bonds is 9. The standard InChI is InChI=1S/C35H41IN2O6/c1-7-12-37-25-16-34(3,4)18-27(39)31(25)30(32-26(37)17-35(5,6)19-28(32)40)22-14-24(36)33(29(15-22)43-8-2)44-20-21-10-9-11-23(13-21)38(41)42/h9-11,13-15,30H,7-8,12,16-20H2,1-6H3. The van der Waals surface area contributed by atoms with Crippen molar-refractivity contribution in [2.45, 2.75) is 86.2 Å². The van der Waals surface area contributed by atoms with Crippen LogP contribution in [-0.2, 0) is 16.2 Å². The monoisotopic (exact) mass is 712 g/mol. The molecule has 1 heterocycles. The van der Waals surface area contributed by atoms with E-state index in [9.17, 15) is 19.7 Å². The van der Waals surface area contributed by atoms with E-state index in [4.69, 9.17) is 9.47 Å². The van der Waals surface area contributed by atoms with Gasteiger partial charge in [-0.05, 0) is 82.9 Å². The Bertz CT molecular complexity index is 1530. The van der Waals surface area contributed by atoms with Crippen molar-refractivity contribution in [3.05, 3.63) is 83.7 Å². The summed E-state index contributed by atoms with van der Waals surface area (Å²) in [6.45, 7) is 13.9. The maximum Gasteiger partial charge on any atom is 0.269 e. The minimum atomic E-state index is -0.473. The van der Waals surface area contributed by atoms with Gasteiger partial charge in [0.2, 0.25) is 0 Å². The molecule has 2 aromatic carbocycles. The number of hydrogen-bond donors (Lipinski definition) is 0. The maximum absolute atomic E-state index is 14.1. The van der Waals surface area contributed by atoms with Gasteiger partial charge in [0, 0.05) is 60.0 Å². The molecule has 0 spiro atoms. The Kier molecular flexibility index (Phi) is 8.99. The summed E-state index contributed by atoms with van der Waals surface area (Å²) in [4.78, 5) is 41.3. The highest BCUT2D eigenvalue weighted by atomic mass is 127. The fourth-order valence-electron chi connectivity index (χ4n) is 6.95. The van der Waals surface area contributed by atoms with E-state index in [0.29, 0.717) is 36.5 Å². The molecule has 9 heteroatoms. The number of non-ortho nitro benzene ring substituents is 1. The highest BCUT2D eigenvalue weighted by Gasteiger charge is 2.49. The van der Waals surface area contributed by atoms with Gasteiger partial charge >= 0.3 is 0 Å². The van der Waals surface area contributed by atoms with Crippen LogP contribution in [0.4, 0.5) is 5.69 Å². The number of benzene rings is 2. The van der Waals surface area contributed by atoms with Gasteiger partial charge in [-0.3, -0.25) is 19.7 Å². The van der Waals surface area contributed by atoms with Crippen LogP contribution in [-0.4, -0.2) is 34.5 Å². The number of halogens is 1. The number of nitro groups is 1. The predicted molar refractivity (Wildman–Crippen MR) is 178 cm³/mol. The van der Waals surface area contributed by atoms with Gasteiger partial charge in [0.25, 0.3) is 5.69 Å². The summed E-state index contributed by atoms with van der Waals surface area (Å²) >= 11 is 2.22. The summed E-state index contributed by atoms with van der Waals surface area (Å²) in [6, 6.07) is 10.3. The molecule has 8 nitrogen and oxygen atoms in total. The third-order valence-electron chi connectivity index (χ3n) is 8.64. The number of ether oxygens (including phenoxy) is 2. The molecule has 0 atom stereocenters. The molecule has 0 radical (unpaired) electrons. The number of allylic oxidation sites excluding steroid dienone is 4. The highest BCUT2D eigenvalue weighted by Crippen LogP contribution is 2.55. The fraction of sp³-hybridized carbons (Fsp3) is 0.486. The van der Waals surface area contributed by atoms with Gasteiger partial charge in [0.05, 0.1) is 15.1 Å².